The Morgan fingerprint density at radius 3 is 2.70 bits per heavy atom. The third kappa shape index (κ3) is 1.36. The molecule has 3 nitrogen and oxygen atoms in total. The summed E-state index contributed by atoms with van der Waals surface area (Å²) in [5, 5.41) is 10.8. The predicted octanol–water partition coefficient (Wildman–Crippen LogP) is 1.48. The molecular weight excluding hydrogens is 150 g/mol. The van der Waals surface area contributed by atoms with Gasteiger partial charge in [0.1, 0.15) is 0 Å². The lowest BCUT2D eigenvalue weighted by molar-refractivity contribution is 0.982. The summed E-state index contributed by atoms with van der Waals surface area (Å²) in [6.07, 6.45) is 0. The average Bonchev–Trinajstić information content (AvgIpc) is 1.94. The van der Waals surface area contributed by atoms with Gasteiger partial charge in [-0.15, -0.1) is 5.10 Å². The van der Waals surface area contributed by atoms with Gasteiger partial charge in [-0.2, -0.15) is 5.10 Å². The summed E-state index contributed by atoms with van der Waals surface area (Å²) in [6, 6.07) is 1.74. The summed E-state index contributed by atoms with van der Waals surface area (Å²) in [5.74, 6) is 0. The maximum atomic E-state index is 5.58. The van der Waals surface area contributed by atoms with Crippen molar-refractivity contribution in [2.45, 2.75) is 6.92 Å². The van der Waals surface area contributed by atoms with Gasteiger partial charge in [-0.3, -0.25) is 0 Å². The van der Waals surface area contributed by atoms with Crippen molar-refractivity contribution in [2.24, 2.45) is 0 Å². The molecule has 0 aliphatic heterocycles. The van der Waals surface area contributed by atoms with Crippen LogP contribution in [0.4, 0.5) is 5.69 Å². The van der Waals surface area contributed by atoms with Gasteiger partial charge >= 0.3 is 0 Å². The summed E-state index contributed by atoms with van der Waals surface area (Å²) in [7, 11) is 1.82. The topological polar surface area (TPSA) is 37.8 Å². The maximum Gasteiger partial charge on any atom is 0.153 e. The Morgan fingerprint density at radius 1 is 1.50 bits per heavy atom. The van der Waals surface area contributed by atoms with Gasteiger partial charge in [0.25, 0.3) is 0 Å². The van der Waals surface area contributed by atoms with Gasteiger partial charge in [-0.05, 0) is 6.92 Å². The number of hydrogen-bond acceptors (Lipinski definition) is 3. The largest absolute Gasteiger partial charge is 0.387 e. The Balaban J connectivity index is 3.09. The van der Waals surface area contributed by atoms with Crippen LogP contribution in [0.3, 0.4) is 0 Å². The zero-order valence-corrected chi connectivity index (χ0v) is 6.61. The highest BCUT2D eigenvalue weighted by molar-refractivity contribution is 6.29. The zero-order valence-electron chi connectivity index (χ0n) is 5.85. The SMILES string of the molecule is CNc1cc(Cl)nnc1C. The number of nitrogens with zero attached hydrogens (tertiary/aromatic N) is 2. The Bertz CT molecular complexity index is 236. The van der Waals surface area contributed by atoms with Crippen molar-refractivity contribution in [1.82, 2.24) is 10.2 Å². The minimum atomic E-state index is 0.412. The Labute approximate surface area is 64.4 Å². The smallest absolute Gasteiger partial charge is 0.153 e. The van der Waals surface area contributed by atoms with Gasteiger partial charge in [0.15, 0.2) is 5.15 Å². The molecule has 1 N–H and O–H groups in total. The average molecular weight is 158 g/mol. The van der Waals surface area contributed by atoms with Crippen LogP contribution in [0.15, 0.2) is 6.07 Å². The van der Waals surface area contributed by atoms with E-state index in [2.05, 4.69) is 15.5 Å². The van der Waals surface area contributed by atoms with Gasteiger partial charge in [-0.1, -0.05) is 11.6 Å². The van der Waals surface area contributed by atoms with Gasteiger partial charge < -0.3 is 5.32 Å². The van der Waals surface area contributed by atoms with E-state index in [1.807, 2.05) is 14.0 Å². The van der Waals surface area contributed by atoms with Crippen LogP contribution in [0.25, 0.3) is 0 Å². The fraction of sp³-hybridized carbons (Fsp3) is 0.333. The molecule has 0 radical (unpaired) electrons. The van der Waals surface area contributed by atoms with Crippen molar-refractivity contribution in [3.8, 4) is 0 Å². The highest BCUT2D eigenvalue weighted by Gasteiger charge is 1.97. The first kappa shape index (κ1) is 7.28. The van der Waals surface area contributed by atoms with Gasteiger partial charge in [0, 0.05) is 13.1 Å². The highest BCUT2D eigenvalue weighted by Crippen LogP contribution is 2.13. The molecule has 0 fully saturated rings. The first-order valence-electron chi connectivity index (χ1n) is 2.91. The molecule has 0 unspecified atom stereocenters. The van der Waals surface area contributed by atoms with Crippen molar-refractivity contribution in [3.05, 3.63) is 16.9 Å². The molecular formula is C6H8ClN3. The molecule has 1 heterocycles. The molecule has 1 rings (SSSR count). The quantitative estimate of drug-likeness (QED) is 0.671. The lowest BCUT2D eigenvalue weighted by Gasteiger charge is -2.01. The van der Waals surface area contributed by atoms with E-state index in [4.69, 9.17) is 11.6 Å². The van der Waals surface area contributed by atoms with Crippen molar-refractivity contribution in [3.63, 3.8) is 0 Å². The van der Waals surface area contributed by atoms with E-state index in [1.54, 1.807) is 6.07 Å². The van der Waals surface area contributed by atoms with Gasteiger partial charge in [-0.25, -0.2) is 0 Å². The third-order valence-electron chi connectivity index (χ3n) is 1.22. The summed E-state index contributed by atoms with van der Waals surface area (Å²) in [4.78, 5) is 0. The second-order valence-electron chi connectivity index (χ2n) is 1.92. The second kappa shape index (κ2) is 2.84. The summed E-state index contributed by atoms with van der Waals surface area (Å²) >= 11 is 5.58. The molecule has 1 aromatic heterocycles. The number of rotatable bonds is 1. The summed E-state index contributed by atoms with van der Waals surface area (Å²) < 4.78 is 0. The van der Waals surface area contributed by atoms with Crippen LogP contribution < -0.4 is 5.32 Å². The molecule has 0 atom stereocenters. The van der Waals surface area contributed by atoms with Crippen LogP contribution in [0.1, 0.15) is 5.69 Å². The molecule has 0 aliphatic carbocycles. The third-order valence-corrected chi connectivity index (χ3v) is 1.40. The van der Waals surface area contributed by atoms with Crippen molar-refractivity contribution < 1.29 is 0 Å². The molecule has 0 saturated heterocycles. The number of aryl methyl sites for hydroxylation is 1. The van der Waals surface area contributed by atoms with Crippen molar-refractivity contribution >= 4 is 17.3 Å². The summed E-state index contributed by atoms with van der Waals surface area (Å²) in [5.41, 5.74) is 1.77. The van der Waals surface area contributed by atoms with E-state index < -0.39 is 0 Å². The standard InChI is InChI=1S/C6H8ClN3/c1-4-5(8-2)3-6(7)10-9-4/h3H,1-2H3,(H,8,10). The van der Waals surface area contributed by atoms with Crippen LogP contribution in [-0.2, 0) is 0 Å². The van der Waals surface area contributed by atoms with Crippen molar-refractivity contribution in [1.29, 1.82) is 0 Å². The normalized spacial score (nSPS) is 9.50. The van der Waals surface area contributed by atoms with Crippen LogP contribution in [0, 0.1) is 6.92 Å². The lowest BCUT2D eigenvalue weighted by atomic mass is 10.3. The van der Waals surface area contributed by atoms with E-state index in [1.165, 1.54) is 0 Å². The van der Waals surface area contributed by atoms with Crippen LogP contribution >= 0.6 is 11.6 Å². The van der Waals surface area contributed by atoms with Crippen LogP contribution in [-0.4, -0.2) is 17.2 Å². The number of aromatic nitrogens is 2. The molecule has 0 amide bonds. The lowest BCUT2D eigenvalue weighted by Crippen LogP contribution is -1.95. The Morgan fingerprint density at radius 2 is 2.20 bits per heavy atom. The maximum absolute atomic E-state index is 5.58. The number of halogens is 1. The molecule has 0 bridgehead atoms. The van der Waals surface area contributed by atoms with E-state index in [-0.39, 0.29) is 0 Å². The molecule has 1 aromatic rings. The monoisotopic (exact) mass is 157 g/mol. The first-order valence-corrected chi connectivity index (χ1v) is 3.29. The Kier molecular flexibility index (Phi) is 2.06. The van der Waals surface area contributed by atoms with Gasteiger partial charge in [0.2, 0.25) is 0 Å². The Hall–Kier alpha value is -0.830. The number of hydrogen-bond donors (Lipinski definition) is 1. The molecule has 0 aliphatic rings. The van der Waals surface area contributed by atoms with Crippen molar-refractivity contribution in [2.75, 3.05) is 12.4 Å². The summed E-state index contributed by atoms with van der Waals surface area (Å²) in [6.45, 7) is 1.87. The highest BCUT2D eigenvalue weighted by atomic mass is 35.5. The fourth-order valence-electron chi connectivity index (χ4n) is 0.682. The van der Waals surface area contributed by atoms with E-state index >= 15 is 0 Å². The molecule has 0 aromatic carbocycles. The fourth-order valence-corrected chi connectivity index (χ4v) is 0.829. The van der Waals surface area contributed by atoms with Crippen LogP contribution in [0.5, 0.6) is 0 Å². The first-order chi connectivity index (χ1) is 4.74. The molecule has 0 spiro atoms. The molecule has 10 heavy (non-hydrogen) atoms. The molecule has 0 saturated carbocycles. The predicted molar refractivity (Wildman–Crippen MR) is 41.3 cm³/mol. The molecule has 54 valence electrons. The minimum Gasteiger partial charge on any atom is -0.387 e. The number of nitrogens with one attached hydrogen (secondary N) is 1. The van der Waals surface area contributed by atoms with Crippen LogP contribution in [0.2, 0.25) is 5.15 Å². The van der Waals surface area contributed by atoms with E-state index in [0.717, 1.165) is 11.4 Å². The molecule has 4 heteroatoms. The van der Waals surface area contributed by atoms with Gasteiger partial charge in [0.05, 0.1) is 11.4 Å². The minimum absolute atomic E-state index is 0.412. The number of anilines is 1. The van der Waals surface area contributed by atoms with E-state index in [0.29, 0.717) is 5.15 Å². The van der Waals surface area contributed by atoms with E-state index in [9.17, 15) is 0 Å². The second-order valence-corrected chi connectivity index (χ2v) is 2.30. The zero-order chi connectivity index (χ0) is 7.56.